The third-order valence-corrected chi connectivity index (χ3v) is 9.06. The number of carbonyl (C=O) groups excluding carboxylic acids is 2. The minimum atomic E-state index is -1.33. The van der Waals surface area contributed by atoms with Crippen molar-refractivity contribution in [3.8, 4) is 0 Å². The van der Waals surface area contributed by atoms with Crippen molar-refractivity contribution in [2.75, 3.05) is 0 Å². The Morgan fingerprint density at radius 1 is 1.12 bits per heavy atom. The van der Waals surface area contributed by atoms with E-state index in [9.17, 15) is 19.8 Å². The van der Waals surface area contributed by atoms with E-state index in [1.54, 1.807) is 0 Å². The highest BCUT2D eigenvalue weighted by Gasteiger charge is 2.68. The normalized spacial score (nSPS) is 55.2. The summed E-state index contributed by atoms with van der Waals surface area (Å²) in [5, 5.41) is 21.2. The van der Waals surface area contributed by atoms with Crippen molar-refractivity contribution in [3.05, 3.63) is 0 Å². The highest BCUT2D eigenvalue weighted by molar-refractivity contribution is 5.90. The van der Waals surface area contributed by atoms with Crippen molar-refractivity contribution in [1.82, 2.24) is 0 Å². The van der Waals surface area contributed by atoms with Gasteiger partial charge < -0.3 is 10.2 Å². The second-order valence-electron chi connectivity index (χ2n) is 9.97. The molecule has 140 valence electrons. The highest BCUT2D eigenvalue weighted by atomic mass is 16.3. The molecule has 4 nitrogen and oxygen atoms in total. The van der Waals surface area contributed by atoms with Gasteiger partial charge in [-0.15, -0.1) is 0 Å². The van der Waals surface area contributed by atoms with Gasteiger partial charge >= 0.3 is 0 Å². The van der Waals surface area contributed by atoms with E-state index in [1.165, 1.54) is 6.92 Å². The van der Waals surface area contributed by atoms with E-state index in [0.29, 0.717) is 18.8 Å². The first-order valence-corrected chi connectivity index (χ1v) is 10.1. The molecule has 0 amide bonds. The minimum Gasteiger partial charge on any atom is -0.393 e. The van der Waals surface area contributed by atoms with E-state index < -0.39 is 11.0 Å². The number of hydrogen-bond acceptors (Lipinski definition) is 4. The van der Waals surface area contributed by atoms with Gasteiger partial charge in [-0.25, -0.2) is 0 Å². The van der Waals surface area contributed by atoms with Gasteiger partial charge in [-0.2, -0.15) is 0 Å². The van der Waals surface area contributed by atoms with Crippen LogP contribution in [0, 0.1) is 34.5 Å². The maximum Gasteiger partial charge on any atom is 0.161 e. The molecule has 0 aliphatic heterocycles. The lowest BCUT2D eigenvalue weighted by molar-refractivity contribution is -0.178. The molecule has 0 aromatic heterocycles. The van der Waals surface area contributed by atoms with Crippen LogP contribution in [0.3, 0.4) is 0 Å². The van der Waals surface area contributed by atoms with Crippen LogP contribution in [0.15, 0.2) is 0 Å². The average Bonchev–Trinajstić information content (AvgIpc) is 2.80. The van der Waals surface area contributed by atoms with Crippen LogP contribution in [0.4, 0.5) is 0 Å². The van der Waals surface area contributed by atoms with Crippen LogP contribution < -0.4 is 0 Å². The Morgan fingerprint density at radius 2 is 1.84 bits per heavy atom. The van der Waals surface area contributed by atoms with Gasteiger partial charge in [0.15, 0.2) is 5.78 Å². The fraction of sp³-hybridized carbons (Fsp3) is 0.905. The first kappa shape index (κ1) is 17.7. The number of rotatable bonds is 1. The van der Waals surface area contributed by atoms with Crippen LogP contribution in [-0.4, -0.2) is 33.5 Å². The van der Waals surface area contributed by atoms with Crippen molar-refractivity contribution >= 4 is 11.6 Å². The van der Waals surface area contributed by atoms with Gasteiger partial charge in [0, 0.05) is 17.8 Å². The van der Waals surface area contributed by atoms with E-state index in [-0.39, 0.29) is 40.8 Å². The summed E-state index contributed by atoms with van der Waals surface area (Å²) in [5.41, 5.74) is -1.95. The molecular formula is C21H32O4. The standard InChI is InChI=1S/C21H32O4/c1-12(22)21(25)9-7-16-15-5-4-13-10-14(23)6-8-19(13,2)18(15)17(24)11-20(16,21)3/h13-16,18,23,25H,4-11H2,1-3H3/t13-,14?,15?,16?,18?,19?,20?,21-/m0/s1. The second-order valence-corrected chi connectivity index (χ2v) is 9.97. The van der Waals surface area contributed by atoms with E-state index >= 15 is 0 Å². The van der Waals surface area contributed by atoms with E-state index in [2.05, 4.69) is 6.92 Å². The van der Waals surface area contributed by atoms with E-state index in [0.717, 1.165) is 38.5 Å². The summed E-state index contributed by atoms with van der Waals surface area (Å²) in [6.07, 6.45) is 6.07. The predicted octanol–water partition coefficient (Wildman–Crippen LogP) is 2.89. The Morgan fingerprint density at radius 3 is 2.52 bits per heavy atom. The molecule has 4 aliphatic carbocycles. The molecule has 0 heterocycles. The van der Waals surface area contributed by atoms with Crippen molar-refractivity contribution in [3.63, 3.8) is 0 Å². The average molecular weight is 348 g/mol. The molecule has 2 N–H and O–H groups in total. The number of fused-ring (bicyclic) bond motifs is 5. The van der Waals surface area contributed by atoms with Crippen molar-refractivity contribution in [2.45, 2.75) is 83.8 Å². The molecule has 0 spiro atoms. The van der Waals surface area contributed by atoms with Crippen LogP contribution in [-0.2, 0) is 9.59 Å². The van der Waals surface area contributed by atoms with Gasteiger partial charge in [-0.3, -0.25) is 9.59 Å². The SMILES string of the molecule is CC(=O)[C@@]1(O)CCC2C3CC[C@H]4CC(O)CCC4(C)C3C(=O)CC21C. The Kier molecular flexibility index (Phi) is 3.81. The number of aliphatic hydroxyl groups excluding tert-OH is 1. The van der Waals surface area contributed by atoms with E-state index in [4.69, 9.17) is 0 Å². The first-order chi connectivity index (χ1) is 11.6. The maximum atomic E-state index is 13.3. The lowest BCUT2D eigenvalue weighted by Gasteiger charge is -2.60. The molecule has 0 radical (unpaired) electrons. The Hall–Kier alpha value is -0.740. The molecule has 25 heavy (non-hydrogen) atoms. The number of ketones is 2. The van der Waals surface area contributed by atoms with Gasteiger partial charge in [-0.1, -0.05) is 13.8 Å². The summed E-state index contributed by atoms with van der Waals surface area (Å²) in [6.45, 7) is 5.73. The molecule has 0 saturated heterocycles. The molecule has 8 atom stereocenters. The monoisotopic (exact) mass is 348 g/mol. The van der Waals surface area contributed by atoms with Crippen LogP contribution in [0.1, 0.15) is 72.1 Å². The van der Waals surface area contributed by atoms with E-state index in [1.807, 2.05) is 6.92 Å². The van der Waals surface area contributed by atoms with Gasteiger partial charge in [0.1, 0.15) is 11.4 Å². The first-order valence-electron chi connectivity index (χ1n) is 10.1. The summed E-state index contributed by atoms with van der Waals surface area (Å²) < 4.78 is 0. The number of Topliss-reactive ketones (excluding diaryl/α,β-unsaturated/α-hetero) is 2. The summed E-state index contributed by atoms with van der Waals surface area (Å²) in [7, 11) is 0. The molecule has 0 aromatic rings. The molecular weight excluding hydrogens is 316 g/mol. The van der Waals surface area contributed by atoms with Crippen LogP contribution in [0.2, 0.25) is 0 Å². The number of hydrogen-bond donors (Lipinski definition) is 2. The quantitative estimate of drug-likeness (QED) is 0.764. The van der Waals surface area contributed by atoms with Crippen LogP contribution in [0.25, 0.3) is 0 Å². The maximum absolute atomic E-state index is 13.3. The Balaban J connectivity index is 1.71. The van der Waals surface area contributed by atoms with Gasteiger partial charge in [0.2, 0.25) is 0 Å². The summed E-state index contributed by atoms with van der Waals surface area (Å²) in [5.74, 6) is 1.10. The third kappa shape index (κ3) is 2.13. The fourth-order valence-corrected chi connectivity index (χ4v) is 7.63. The van der Waals surface area contributed by atoms with Gasteiger partial charge in [0.05, 0.1) is 6.10 Å². The van der Waals surface area contributed by atoms with Crippen LogP contribution >= 0.6 is 0 Å². The van der Waals surface area contributed by atoms with Gasteiger partial charge in [-0.05, 0) is 75.0 Å². The molecule has 4 heteroatoms. The topological polar surface area (TPSA) is 74.6 Å². The predicted molar refractivity (Wildman–Crippen MR) is 93.8 cm³/mol. The molecule has 4 fully saturated rings. The van der Waals surface area contributed by atoms with Crippen LogP contribution in [0.5, 0.6) is 0 Å². The zero-order chi connectivity index (χ0) is 18.2. The molecule has 0 bridgehead atoms. The molecule has 4 aliphatic rings. The summed E-state index contributed by atoms with van der Waals surface area (Å²) >= 11 is 0. The summed E-state index contributed by atoms with van der Waals surface area (Å²) in [6, 6.07) is 0. The molecule has 6 unspecified atom stereocenters. The van der Waals surface area contributed by atoms with Crippen molar-refractivity contribution in [1.29, 1.82) is 0 Å². The smallest absolute Gasteiger partial charge is 0.161 e. The highest BCUT2D eigenvalue weighted by Crippen LogP contribution is 2.67. The Labute approximate surface area is 150 Å². The zero-order valence-electron chi connectivity index (χ0n) is 15.8. The van der Waals surface area contributed by atoms with Crippen molar-refractivity contribution < 1.29 is 19.8 Å². The largest absolute Gasteiger partial charge is 0.393 e. The van der Waals surface area contributed by atoms with Crippen molar-refractivity contribution in [2.24, 2.45) is 34.5 Å². The lowest BCUT2D eigenvalue weighted by Crippen LogP contribution is -2.61. The zero-order valence-corrected chi connectivity index (χ0v) is 15.8. The lowest BCUT2D eigenvalue weighted by atomic mass is 9.44. The second kappa shape index (κ2) is 5.39. The third-order valence-electron chi connectivity index (χ3n) is 9.06. The number of carbonyl (C=O) groups is 2. The summed E-state index contributed by atoms with van der Waals surface area (Å²) in [4.78, 5) is 25.6. The molecule has 0 aromatic carbocycles. The minimum absolute atomic E-state index is 0.0164. The molecule has 4 rings (SSSR count). The molecule has 4 saturated carbocycles. The Bertz CT molecular complexity index is 615. The fourth-order valence-electron chi connectivity index (χ4n) is 7.63. The van der Waals surface area contributed by atoms with Gasteiger partial charge in [0.25, 0.3) is 0 Å². The number of aliphatic hydroxyl groups is 2.